The molecule has 1 aliphatic heterocycles. The zero-order chi connectivity index (χ0) is 27.4. The zero-order valence-corrected chi connectivity index (χ0v) is 22.4. The molecular weight excluding hydrogens is 488 g/mol. The van der Waals surface area contributed by atoms with Crippen LogP contribution in [0.15, 0.2) is 54.6 Å². The second-order valence-electron chi connectivity index (χ2n) is 8.78. The molecule has 0 unspecified atom stereocenters. The number of methoxy groups -OCH3 is 5. The predicted octanol–water partition coefficient (Wildman–Crippen LogP) is 3.96. The molecule has 0 radical (unpaired) electrons. The van der Waals surface area contributed by atoms with Crippen molar-refractivity contribution in [2.24, 2.45) is 0 Å². The Bertz CT molecular complexity index is 1340. The van der Waals surface area contributed by atoms with Crippen LogP contribution in [0.3, 0.4) is 0 Å². The Morgan fingerprint density at radius 3 is 2.05 bits per heavy atom. The van der Waals surface area contributed by atoms with Crippen LogP contribution < -0.4 is 29.0 Å². The number of likely N-dealkylation sites (N-methyl/N-ethyl adjacent to an activating group) is 1. The standard InChI is InChI=1S/C29H32N2O7/c1-31-27(17-11-12-22(35-3)23(13-17)36-4)26(28(32)30-16-18-9-7-8-10-21(18)34-2)19-14-24(37-5)25(38-6)15-20(19)29(31)33/h7-15,26-27H,16H2,1-6H3,(H,30,32)/t26-,27+/m0/s1. The van der Waals surface area contributed by atoms with E-state index in [1.165, 1.54) is 14.2 Å². The first-order valence-electron chi connectivity index (χ1n) is 12.0. The second kappa shape index (κ2) is 11.3. The van der Waals surface area contributed by atoms with Crippen molar-refractivity contribution in [2.75, 3.05) is 42.6 Å². The van der Waals surface area contributed by atoms with Gasteiger partial charge in [-0.25, -0.2) is 0 Å². The Balaban J connectivity index is 1.84. The summed E-state index contributed by atoms with van der Waals surface area (Å²) in [7, 11) is 9.39. The lowest BCUT2D eigenvalue weighted by Crippen LogP contribution is -2.45. The number of amides is 2. The van der Waals surface area contributed by atoms with Crippen LogP contribution in [0.4, 0.5) is 0 Å². The molecule has 0 spiro atoms. The van der Waals surface area contributed by atoms with Gasteiger partial charge >= 0.3 is 0 Å². The second-order valence-corrected chi connectivity index (χ2v) is 8.78. The Morgan fingerprint density at radius 2 is 1.39 bits per heavy atom. The first-order chi connectivity index (χ1) is 18.4. The highest BCUT2D eigenvalue weighted by atomic mass is 16.5. The average molecular weight is 521 g/mol. The summed E-state index contributed by atoms with van der Waals surface area (Å²) in [5.41, 5.74) is 2.47. The average Bonchev–Trinajstić information content (AvgIpc) is 2.96. The van der Waals surface area contributed by atoms with Gasteiger partial charge in [-0.1, -0.05) is 24.3 Å². The fourth-order valence-electron chi connectivity index (χ4n) is 4.93. The van der Waals surface area contributed by atoms with Gasteiger partial charge in [0.1, 0.15) is 5.75 Å². The molecule has 1 N–H and O–H groups in total. The summed E-state index contributed by atoms with van der Waals surface area (Å²) in [5, 5.41) is 3.05. The van der Waals surface area contributed by atoms with Crippen molar-refractivity contribution in [1.29, 1.82) is 0 Å². The molecule has 9 heteroatoms. The summed E-state index contributed by atoms with van der Waals surface area (Å²) in [6, 6.07) is 15.6. The maximum absolute atomic E-state index is 14.0. The van der Waals surface area contributed by atoms with Crippen molar-refractivity contribution in [3.8, 4) is 28.7 Å². The van der Waals surface area contributed by atoms with Gasteiger partial charge in [-0.05, 0) is 41.5 Å². The SMILES string of the molecule is COc1ccccc1CNC(=O)[C@H]1c2cc(OC)c(OC)cc2C(=O)N(C)[C@@H]1c1ccc(OC)c(OC)c1. The molecular formula is C29H32N2O7. The summed E-state index contributed by atoms with van der Waals surface area (Å²) < 4.78 is 27.3. The first kappa shape index (κ1) is 26.7. The van der Waals surface area contributed by atoms with Gasteiger partial charge in [-0.2, -0.15) is 0 Å². The molecule has 0 bridgehead atoms. The van der Waals surface area contributed by atoms with Gasteiger partial charge in [0.15, 0.2) is 23.0 Å². The summed E-state index contributed by atoms with van der Waals surface area (Å²) >= 11 is 0. The molecule has 38 heavy (non-hydrogen) atoms. The number of rotatable bonds is 9. The minimum absolute atomic E-state index is 0.241. The highest BCUT2D eigenvalue weighted by Gasteiger charge is 2.43. The Labute approximate surface area is 222 Å². The molecule has 0 aromatic heterocycles. The number of carbonyl (C=O) groups is 2. The van der Waals surface area contributed by atoms with Crippen molar-refractivity contribution in [2.45, 2.75) is 18.5 Å². The minimum atomic E-state index is -0.764. The van der Waals surface area contributed by atoms with Crippen LogP contribution in [0.2, 0.25) is 0 Å². The molecule has 2 atom stereocenters. The number of hydrogen-bond donors (Lipinski definition) is 1. The molecule has 3 aromatic rings. The van der Waals surface area contributed by atoms with E-state index >= 15 is 0 Å². The number of hydrogen-bond acceptors (Lipinski definition) is 7. The maximum Gasteiger partial charge on any atom is 0.254 e. The Hall–Kier alpha value is -4.40. The molecule has 0 aliphatic carbocycles. The minimum Gasteiger partial charge on any atom is -0.496 e. The molecule has 9 nitrogen and oxygen atoms in total. The van der Waals surface area contributed by atoms with Gasteiger partial charge in [0.2, 0.25) is 5.91 Å². The molecule has 1 aliphatic rings. The Morgan fingerprint density at radius 1 is 0.789 bits per heavy atom. The molecule has 3 aromatic carbocycles. The van der Waals surface area contributed by atoms with Crippen LogP contribution in [0.25, 0.3) is 0 Å². The quantitative estimate of drug-likeness (QED) is 0.456. The van der Waals surface area contributed by atoms with E-state index in [9.17, 15) is 9.59 Å². The van der Waals surface area contributed by atoms with E-state index in [1.54, 1.807) is 57.5 Å². The lowest BCUT2D eigenvalue weighted by Gasteiger charge is -2.40. The first-order valence-corrected chi connectivity index (χ1v) is 12.0. The number of benzene rings is 3. The molecule has 0 saturated heterocycles. The van der Waals surface area contributed by atoms with Gasteiger partial charge in [-0.3, -0.25) is 9.59 Å². The van der Waals surface area contributed by atoms with E-state index in [0.717, 1.165) is 11.1 Å². The third-order valence-electron chi connectivity index (χ3n) is 6.85. The summed E-state index contributed by atoms with van der Waals surface area (Å²) in [6.45, 7) is 0.248. The van der Waals surface area contributed by atoms with Crippen LogP contribution in [-0.4, -0.2) is 59.3 Å². The van der Waals surface area contributed by atoms with Gasteiger partial charge in [0.25, 0.3) is 5.91 Å². The highest BCUT2D eigenvalue weighted by molar-refractivity contribution is 6.02. The zero-order valence-electron chi connectivity index (χ0n) is 22.4. The topological polar surface area (TPSA) is 95.6 Å². The summed E-state index contributed by atoms with van der Waals surface area (Å²) in [4.78, 5) is 29.2. The number of carbonyl (C=O) groups excluding carboxylic acids is 2. The van der Waals surface area contributed by atoms with E-state index < -0.39 is 12.0 Å². The van der Waals surface area contributed by atoms with Crippen LogP contribution in [-0.2, 0) is 11.3 Å². The summed E-state index contributed by atoms with van der Waals surface area (Å²) in [6.07, 6.45) is 0. The maximum atomic E-state index is 14.0. The van der Waals surface area contributed by atoms with E-state index in [1.807, 2.05) is 30.3 Å². The molecule has 4 rings (SSSR count). The van der Waals surface area contributed by atoms with Crippen LogP contribution >= 0.6 is 0 Å². The number of nitrogens with one attached hydrogen (secondary N) is 1. The molecule has 2 amide bonds. The fourth-order valence-corrected chi connectivity index (χ4v) is 4.93. The van der Waals surface area contributed by atoms with Crippen LogP contribution in [0.5, 0.6) is 28.7 Å². The third kappa shape index (κ3) is 4.79. The van der Waals surface area contributed by atoms with Crippen molar-refractivity contribution in [3.63, 3.8) is 0 Å². The number of ether oxygens (including phenoxy) is 5. The fraction of sp³-hybridized carbons (Fsp3) is 0.310. The van der Waals surface area contributed by atoms with Gasteiger partial charge in [0.05, 0.1) is 47.5 Å². The van der Waals surface area contributed by atoms with Crippen molar-refractivity contribution >= 4 is 11.8 Å². The van der Waals surface area contributed by atoms with Gasteiger partial charge < -0.3 is 33.9 Å². The van der Waals surface area contributed by atoms with Gasteiger partial charge in [-0.15, -0.1) is 0 Å². The highest BCUT2D eigenvalue weighted by Crippen LogP contribution is 2.46. The van der Waals surface area contributed by atoms with E-state index in [2.05, 4.69) is 5.32 Å². The Kier molecular flexibility index (Phi) is 7.95. The lowest BCUT2D eigenvalue weighted by molar-refractivity contribution is -0.124. The summed E-state index contributed by atoms with van der Waals surface area (Å²) in [5.74, 6) is 1.29. The molecule has 200 valence electrons. The van der Waals surface area contributed by atoms with Crippen LogP contribution in [0.1, 0.15) is 39.0 Å². The largest absolute Gasteiger partial charge is 0.496 e. The lowest BCUT2D eigenvalue weighted by atomic mass is 9.79. The van der Waals surface area contributed by atoms with Gasteiger partial charge in [0, 0.05) is 24.7 Å². The normalized spacial score (nSPS) is 16.4. The van der Waals surface area contributed by atoms with E-state index in [0.29, 0.717) is 39.9 Å². The predicted molar refractivity (Wildman–Crippen MR) is 142 cm³/mol. The monoisotopic (exact) mass is 520 g/mol. The molecule has 1 heterocycles. The molecule has 0 fully saturated rings. The van der Waals surface area contributed by atoms with Crippen molar-refractivity contribution in [1.82, 2.24) is 10.2 Å². The smallest absolute Gasteiger partial charge is 0.254 e. The van der Waals surface area contributed by atoms with Crippen LogP contribution in [0, 0.1) is 0 Å². The van der Waals surface area contributed by atoms with E-state index in [4.69, 9.17) is 23.7 Å². The van der Waals surface area contributed by atoms with Crippen molar-refractivity contribution < 1.29 is 33.3 Å². The third-order valence-corrected chi connectivity index (χ3v) is 6.85. The number of fused-ring (bicyclic) bond motifs is 1. The van der Waals surface area contributed by atoms with E-state index in [-0.39, 0.29) is 18.4 Å². The number of para-hydroxylation sites is 1. The molecule has 0 saturated carbocycles. The number of nitrogens with zero attached hydrogens (tertiary/aromatic N) is 1. The van der Waals surface area contributed by atoms with Crippen molar-refractivity contribution in [3.05, 3.63) is 76.9 Å².